The highest BCUT2D eigenvalue weighted by Gasteiger charge is 2.24. The molecule has 3 aromatic rings. The van der Waals surface area contributed by atoms with Gasteiger partial charge in [0, 0.05) is 18.2 Å². The molecule has 0 aliphatic rings. The summed E-state index contributed by atoms with van der Waals surface area (Å²) >= 11 is 0. The van der Waals surface area contributed by atoms with E-state index >= 15 is 0 Å². The lowest BCUT2D eigenvalue weighted by Gasteiger charge is -2.15. The van der Waals surface area contributed by atoms with Gasteiger partial charge in [-0.15, -0.1) is 5.11 Å². The van der Waals surface area contributed by atoms with Gasteiger partial charge in [0.05, 0.1) is 5.69 Å². The van der Waals surface area contributed by atoms with Crippen molar-refractivity contribution in [3.8, 4) is 5.75 Å². The first-order valence-corrected chi connectivity index (χ1v) is 10.6. The van der Waals surface area contributed by atoms with Gasteiger partial charge in [0.25, 0.3) is 10.1 Å². The van der Waals surface area contributed by atoms with Crippen LogP contribution in [-0.4, -0.2) is 31.9 Å². The summed E-state index contributed by atoms with van der Waals surface area (Å²) in [4.78, 5) is -0.520. The van der Waals surface area contributed by atoms with Crippen LogP contribution in [0.4, 0.5) is 17.1 Å². The molecule has 0 saturated carbocycles. The number of aromatic hydroxyl groups is 1. The summed E-state index contributed by atoms with van der Waals surface area (Å²) in [7, 11) is -3.16. The van der Waals surface area contributed by atoms with Crippen LogP contribution in [0.25, 0.3) is 10.8 Å². The summed E-state index contributed by atoms with van der Waals surface area (Å²) in [6, 6.07) is 10.4. The highest BCUT2D eigenvalue weighted by molar-refractivity contribution is 7.86. The zero-order valence-electron chi connectivity index (χ0n) is 17.1. The molecule has 0 aliphatic carbocycles. The Kier molecular flexibility index (Phi) is 6.06. The van der Waals surface area contributed by atoms with E-state index in [2.05, 4.69) is 15.5 Å². The Hall–Kier alpha value is -3.01. The molecular weight excluding hydrogens is 406 g/mol. The smallest absolute Gasteiger partial charge is 0.296 e. The van der Waals surface area contributed by atoms with Gasteiger partial charge in [-0.2, -0.15) is 13.5 Å². The molecule has 0 unspecified atom stereocenters. The Morgan fingerprint density at radius 3 is 2.40 bits per heavy atom. The molecule has 0 bridgehead atoms. The van der Waals surface area contributed by atoms with Crippen LogP contribution in [0.15, 0.2) is 51.5 Å². The summed E-state index contributed by atoms with van der Waals surface area (Å²) in [5, 5.41) is 23.0. The number of hydrogen-bond donors (Lipinski definition) is 3. The summed E-state index contributed by atoms with van der Waals surface area (Å²) in [5.41, 5.74) is 3.21. The molecule has 3 aromatic carbocycles. The average Bonchev–Trinajstić information content (AvgIpc) is 2.68. The van der Waals surface area contributed by atoms with Gasteiger partial charge in [0.1, 0.15) is 17.3 Å². The highest BCUT2D eigenvalue weighted by atomic mass is 32.2. The van der Waals surface area contributed by atoms with Crippen molar-refractivity contribution in [3.63, 3.8) is 0 Å². The predicted octanol–water partition coefficient (Wildman–Crippen LogP) is 5.15. The lowest BCUT2D eigenvalue weighted by molar-refractivity contribution is 0.221. The van der Waals surface area contributed by atoms with E-state index in [-0.39, 0.29) is 12.4 Å². The van der Waals surface area contributed by atoms with Crippen molar-refractivity contribution in [3.05, 3.63) is 53.1 Å². The Morgan fingerprint density at radius 2 is 1.73 bits per heavy atom. The lowest BCUT2D eigenvalue weighted by Crippen LogP contribution is -2.05. The number of azo groups is 1. The van der Waals surface area contributed by atoms with E-state index in [4.69, 9.17) is 4.74 Å². The number of phenols is 1. The topological polar surface area (TPSA) is 121 Å². The van der Waals surface area contributed by atoms with Crippen LogP contribution in [0.3, 0.4) is 0 Å². The second-order valence-corrected chi connectivity index (χ2v) is 8.39. The Labute approximate surface area is 175 Å². The molecule has 9 heteroatoms. The zero-order chi connectivity index (χ0) is 22.1. The summed E-state index contributed by atoms with van der Waals surface area (Å²) in [6.45, 7) is 5.68. The molecule has 8 nitrogen and oxygen atoms in total. The average molecular weight is 429 g/mol. The largest absolute Gasteiger partial charge is 0.505 e. The van der Waals surface area contributed by atoms with Gasteiger partial charge in [-0.1, -0.05) is 18.2 Å². The van der Waals surface area contributed by atoms with E-state index < -0.39 is 20.8 Å². The third-order valence-electron chi connectivity index (χ3n) is 4.74. The third-order valence-corrected chi connectivity index (χ3v) is 5.61. The fourth-order valence-electron chi connectivity index (χ4n) is 3.12. The zero-order valence-corrected chi connectivity index (χ0v) is 17.9. The van der Waals surface area contributed by atoms with Crippen molar-refractivity contribution in [2.45, 2.75) is 25.7 Å². The van der Waals surface area contributed by atoms with Crippen molar-refractivity contribution in [2.24, 2.45) is 10.2 Å². The van der Waals surface area contributed by atoms with Gasteiger partial charge in [-0.25, -0.2) is 0 Å². The second kappa shape index (κ2) is 8.39. The molecule has 0 saturated heterocycles. The monoisotopic (exact) mass is 429 g/mol. The molecule has 0 radical (unpaired) electrons. The van der Waals surface area contributed by atoms with Crippen molar-refractivity contribution in [1.29, 1.82) is 0 Å². The van der Waals surface area contributed by atoms with E-state index in [9.17, 15) is 18.1 Å². The van der Waals surface area contributed by atoms with Crippen molar-refractivity contribution < 1.29 is 22.8 Å². The van der Waals surface area contributed by atoms with Gasteiger partial charge in [-0.05, 0) is 61.0 Å². The number of phenolic OH excluding ortho intramolecular Hbond substituents is 1. The van der Waals surface area contributed by atoms with E-state index in [1.54, 1.807) is 25.1 Å². The van der Waals surface area contributed by atoms with Crippen LogP contribution >= 0.6 is 0 Å². The molecule has 0 amide bonds. The molecule has 30 heavy (non-hydrogen) atoms. The number of aryl methyl sites for hydroxylation is 3. The molecule has 0 atom stereocenters. The maximum atomic E-state index is 12.1. The molecular formula is C21H23N3O5S. The standard InChI is InChI=1S/C21H23N3O5S/c1-12-5-6-14(3)17(9-12)23-24-20-18(30(26,27)28)10-15-13(2)7-8-16(22-11-29-4)19(15)21(20)25/h5-10,22,25H,11H2,1-4H3,(H,26,27,28). The Morgan fingerprint density at radius 1 is 1.03 bits per heavy atom. The number of fused-ring (bicyclic) bond motifs is 1. The molecule has 0 spiro atoms. The number of ether oxygens (including phenoxy) is 1. The molecule has 0 heterocycles. The quantitative estimate of drug-likeness (QED) is 0.283. The fraction of sp³-hybridized carbons (Fsp3) is 0.238. The van der Waals surface area contributed by atoms with E-state index in [1.165, 1.54) is 13.2 Å². The SMILES string of the molecule is COCNc1ccc(C)c2cc(S(=O)(=O)O)c(N=Nc3cc(C)ccc3C)c(O)c12. The predicted molar refractivity (Wildman–Crippen MR) is 116 cm³/mol. The van der Waals surface area contributed by atoms with Crippen molar-refractivity contribution >= 4 is 38.0 Å². The number of nitrogens with zero attached hydrogens (tertiary/aromatic N) is 2. The van der Waals surface area contributed by atoms with Gasteiger partial charge in [0.15, 0.2) is 5.75 Å². The van der Waals surface area contributed by atoms with Gasteiger partial charge in [-0.3, -0.25) is 4.55 Å². The first-order valence-electron chi connectivity index (χ1n) is 9.12. The Balaban J connectivity index is 2.32. The van der Waals surface area contributed by atoms with Crippen LogP contribution in [0.1, 0.15) is 16.7 Å². The molecule has 158 valence electrons. The third kappa shape index (κ3) is 4.28. The van der Waals surface area contributed by atoms with Gasteiger partial charge < -0.3 is 15.2 Å². The molecule has 3 rings (SSSR count). The number of nitrogens with one attached hydrogen (secondary N) is 1. The van der Waals surface area contributed by atoms with Crippen LogP contribution < -0.4 is 5.32 Å². The normalized spacial score (nSPS) is 12.0. The van der Waals surface area contributed by atoms with Crippen LogP contribution in [0.5, 0.6) is 5.75 Å². The van der Waals surface area contributed by atoms with Crippen LogP contribution in [-0.2, 0) is 14.9 Å². The van der Waals surface area contributed by atoms with E-state index in [0.717, 1.165) is 11.1 Å². The van der Waals surface area contributed by atoms with Gasteiger partial charge in [0.2, 0.25) is 0 Å². The summed E-state index contributed by atoms with van der Waals surface area (Å²) < 4.78 is 38.9. The first kappa shape index (κ1) is 21.7. The fourth-order valence-corrected chi connectivity index (χ4v) is 3.77. The number of anilines is 1. The minimum atomic E-state index is -4.68. The molecule has 3 N–H and O–H groups in total. The molecule has 0 aromatic heterocycles. The number of rotatable bonds is 6. The minimum absolute atomic E-state index is 0.178. The minimum Gasteiger partial charge on any atom is -0.505 e. The summed E-state index contributed by atoms with van der Waals surface area (Å²) in [6.07, 6.45) is 0. The van der Waals surface area contributed by atoms with E-state index in [1.807, 2.05) is 26.0 Å². The van der Waals surface area contributed by atoms with Crippen molar-refractivity contribution in [1.82, 2.24) is 0 Å². The van der Waals surface area contributed by atoms with Crippen LogP contribution in [0, 0.1) is 20.8 Å². The Bertz CT molecular complexity index is 1250. The summed E-state index contributed by atoms with van der Waals surface area (Å²) in [5.74, 6) is -0.406. The maximum Gasteiger partial charge on any atom is 0.296 e. The molecule has 0 fully saturated rings. The lowest BCUT2D eigenvalue weighted by atomic mass is 10.0. The highest BCUT2D eigenvalue weighted by Crippen LogP contribution is 2.45. The first-order chi connectivity index (χ1) is 14.1. The number of methoxy groups -OCH3 is 1. The maximum absolute atomic E-state index is 12.1. The van der Waals surface area contributed by atoms with Gasteiger partial charge >= 0.3 is 0 Å². The molecule has 0 aliphatic heterocycles. The number of hydrogen-bond acceptors (Lipinski definition) is 7. The van der Waals surface area contributed by atoms with E-state index in [0.29, 0.717) is 27.7 Å². The van der Waals surface area contributed by atoms with Crippen molar-refractivity contribution in [2.75, 3.05) is 19.2 Å². The van der Waals surface area contributed by atoms with Crippen LogP contribution in [0.2, 0.25) is 0 Å². The number of benzene rings is 3. The second-order valence-electron chi connectivity index (χ2n) is 7.00.